The summed E-state index contributed by atoms with van der Waals surface area (Å²) in [5, 5.41) is 15.7. The molecular formula is C30H43N11O7. The number of hydrogen-bond donors (Lipinski definition) is 6. The molecule has 0 radical (unpaired) electrons. The van der Waals surface area contributed by atoms with Gasteiger partial charge in [-0.3, -0.25) is 24.0 Å². The average Bonchev–Trinajstić information content (AvgIpc) is 3.65. The van der Waals surface area contributed by atoms with Gasteiger partial charge in [0.25, 0.3) is 17.7 Å². The number of nitrogens with one attached hydrogen (secondary N) is 6. The fourth-order valence-corrected chi connectivity index (χ4v) is 4.22. The lowest BCUT2D eigenvalue weighted by atomic mass is 10.2. The third-order valence-corrected chi connectivity index (χ3v) is 6.38. The molecule has 48 heavy (non-hydrogen) atoms. The van der Waals surface area contributed by atoms with Gasteiger partial charge in [-0.1, -0.05) is 6.92 Å². The standard InChI is InChI=1S/C30H43N11O7/c1-8-11-31-27(45)24-37-20(16-40(24)6)35-22(42)9-12-32-26(44)19-14-18(15-39(19)5)34-28(46)25-38-21(17-41(25)7)36-23(43)10-13-33-29(47)48-30(2,3)4/h14-17H,8-13H2,1-7H3,(H,31,45)(H,32,44)(H,33,47)(H,34,46)(H,35,42)(H,36,43). The fourth-order valence-electron chi connectivity index (χ4n) is 4.22. The van der Waals surface area contributed by atoms with Crippen LogP contribution in [-0.4, -0.2) is 84.5 Å². The van der Waals surface area contributed by atoms with Crippen molar-refractivity contribution in [3.63, 3.8) is 0 Å². The van der Waals surface area contributed by atoms with Crippen molar-refractivity contribution < 1.29 is 33.5 Å². The van der Waals surface area contributed by atoms with Crippen molar-refractivity contribution >= 4 is 53.0 Å². The average molecular weight is 670 g/mol. The van der Waals surface area contributed by atoms with Crippen LogP contribution in [-0.2, 0) is 35.5 Å². The molecule has 3 aromatic heterocycles. The highest BCUT2D eigenvalue weighted by Crippen LogP contribution is 2.16. The van der Waals surface area contributed by atoms with Crippen LogP contribution in [0.2, 0.25) is 0 Å². The summed E-state index contributed by atoms with van der Waals surface area (Å²) in [5.41, 5.74) is -0.110. The quantitative estimate of drug-likeness (QED) is 0.146. The van der Waals surface area contributed by atoms with Crippen LogP contribution >= 0.6 is 0 Å². The van der Waals surface area contributed by atoms with E-state index in [0.29, 0.717) is 12.2 Å². The van der Waals surface area contributed by atoms with Gasteiger partial charge in [0.05, 0.1) is 5.69 Å². The van der Waals surface area contributed by atoms with Crippen molar-refractivity contribution in [1.29, 1.82) is 0 Å². The SMILES string of the molecule is CCCNC(=O)c1nc(NC(=O)CCNC(=O)c2cc(NC(=O)c3nc(NC(=O)CCNC(=O)OC(C)(C)C)cn3C)cn2C)cn1C. The molecule has 0 bridgehead atoms. The Morgan fingerprint density at radius 3 is 1.75 bits per heavy atom. The number of rotatable bonds is 14. The lowest BCUT2D eigenvalue weighted by Crippen LogP contribution is -2.34. The smallest absolute Gasteiger partial charge is 0.407 e. The lowest BCUT2D eigenvalue weighted by molar-refractivity contribution is -0.117. The van der Waals surface area contributed by atoms with Crippen LogP contribution < -0.4 is 31.9 Å². The molecule has 0 saturated heterocycles. The summed E-state index contributed by atoms with van der Waals surface area (Å²) in [6.45, 7) is 7.70. The molecule has 0 aromatic carbocycles. The number of alkyl carbamates (subject to hydrolysis) is 1. The first-order valence-electron chi connectivity index (χ1n) is 15.2. The van der Waals surface area contributed by atoms with Gasteiger partial charge >= 0.3 is 6.09 Å². The molecule has 0 unspecified atom stereocenters. The van der Waals surface area contributed by atoms with Crippen LogP contribution in [0.4, 0.5) is 22.1 Å². The first-order chi connectivity index (χ1) is 22.6. The minimum Gasteiger partial charge on any atom is -0.444 e. The number of ether oxygens (including phenoxy) is 1. The number of hydrogen-bond acceptors (Lipinski definition) is 9. The normalized spacial score (nSPS) is 11.0. The van der Waals surface area contributed by atoms with Gasteiger partial charge in [0.2, 0.25) is 23.5 Å². The first kappa shape index (κ1) is 36.8. The third kappa shape index (κ3) is 11.0. The van der Waals surface area contributed by atoms with E-state index in [1.165, 1.54) is 38.4 Å². The van der Waals surface area contributed by atoms with Crippen molar-refractivity contribution in [2.24, 2.45) is 21.1 Å². The summed E-state index contributed by atoms with van der Waals surface area (Å²) in [6, 6.07) is 1.47. The summed E-state index contributed by atoms with van der Waals surface area (Å²) in [5.74, 6) is -1.71. The number of anilines is 3. The van der Waals surface area contributed by atoms with E-state index < -0.39 is 35.3 Å². The van der Waals surface area contributed by atoms with Crippen LogP contribution in [0.1, 0.15) is 78.7 Å². The highest BCUT2D eigenvalue weighted by atomic mass is 16.6. The Hall–Kier alpha value is -5.68. The van der Waals surface area contributed by atoms with Crippen molar-refractivity contribution in [2.45, 2.75) is 52.6 Å². The number of carbonyl (C=O) groups excluding carboxylic acids is 6. The molecule has 3 rings (SSSR count). The zero-order valence-electron chi connectivity index (χ0n) is 28.1. The lowest BCUT2D eigenvalue weighted by Gasteiger charge is -2.19. The maximum absolute atomic E-state index is 12.9. The fraction of sp³-hybridized carbons (Fsp3) is 0.467. The van der Waals surface area contributed by atoms with E-state index in [-0.39, 0.29) is 60.8 Å². The molecule has 0 aliphatic carbocycles. The molecule has 0 aliphatic rings. The van der Waals surface area contributed by atoms with Crippen LogP contribution in [0.15, 0.2) is 24.7 Å². The third-order valence-electron chi connectivity index (χ3n) is 6.38. The van der Waals surface area contributed by atoms with Crippen molar-refractivity contribution in [3.05, 3.63) is 42.0 Å². The molecule has 18 nitrogen and oxygen atoms in total. The zero-order chi connectivity index (χ0) is 35.6. The van der Waals surface area contributed by atoms with Gasteiger partial charge in [-0.25, -0.2) is 14.8 Å². The Labute approximate surface area is 277 Å². The van der Waals surface area contributed by atoms with Crippen LogP contribution in [0.3, 0.4) is 0 Å². The van der Waals surface area contributed by atoms with E-state index in [0.717, 1.165) is 6.42 Å². The number of carbonyl (C=O) groups is 6. The van der Waals surface area contributed by atoms with E-state index in [1.807, 2.05) is 6.92 Å². The highest BCUT2D eigenvalue weighted by molar-refractivity contribution is 6.04. The van der Waals surface area contributed by atoms with Gasteiger partial charge in [0.1, 0.15) is 11.3 Å². The maximum Gasteiger partial charge on any atom is 0.407 e. The topological polar surface area (TPSA) is 224 Å². The molecule has 0 atom stereocenters. The summed E-state index contributed by atoms with van der Waals surface area (Å²) >= 11 is 0. The van der Waals surface area contributed by atoms with E-state index in [1.54, 1.807) is 41.9 Å². The monoisotopic (exact) mass is 669 g/mol. The molecule has 260 valence electrons. The van der Waals surface area contributed by atoms with Crippen LogP contribution in [0.25, 0.3) is 0 Å². The second-order valence-corrected chi connectivity index (χ2v) is 11.8. The minimum absolute atomic E-state index is 0.000313. The molecule has 6 N–H and O–H groups in total. The minimum atomic E-state index is -0.658. The summed E-state index contributed by atoms with van der Waals surface area (Å²) < 4.78 is 9.57. The predicted molar refractivity (Wildman–Crippen MR) is 175 cm³/mol. The molecule has 6 amide bonds. The van der Waals surface area contributed by atoms with Crippen molar-refractivity contribution in [2.75, 3.05) is 35.6 Å². The van der Waals surface area contributed by atoms with Gasteiger partial charge in [0, 0.05) is 72.2 Å². The van der Waals surface area contributed by atoms with Gasteiger partial charge in [0.15, 0.2) is 11.6 Å². The van der Waals surface area contributed by atoms with E-state index in [4.69, 9.17) is 4.74 Å². The second kappa shape index (κ2) is 16.2. The highest BCUT2D eigenvalue weighted by Gasteiger charge is 2.20. The van der Waals surface area contributed by atoms with Gasteiger partial charge in [-0.2, -0.15) is 0 Å². The van der Waals surface area contributed by atoms with Gasteiger partial charge in [-0.15, -0.1) is 0 Å². The number of aryl methyl sites for hydroxylation is 3. The van der Waals surface area contributed by atoms with E-state index in [2.05, 4.69) is 41.9 Å². The van der Waals surface area contributed by atoms with E-state index >= 15 is 0 Å². The van der Waals surface area contributed by atoms with E-state index in [9.17, 15) is 28.8 Å². The zero-order valence-corrected chi connectivity index (χ0v) is 28.1. The largest absolute Gasteiger partial charge is 0.444 e. The molecule has 0 spiro atoms. The molecule has 3 aromatic rings. The Morgan fingerprint density at radius 2 is 1.21 bits per heavy atom. The first-order valence-corrected chi connectivity index (χ1v) is 15.2. The van der Waals surface area contributed by atoms with Gasteiger partial charge in [-0.05, 0) is 33.3 Å². The molecule has 0 fully saturated rings. The summed E-state index contributed by atoms with van der Waals surface area (Å²) in [7, 11) is 4.85. The summed E-state index contributed by atoms with van der Waals surface area (Å²) in [6.07, 6.45) is 4.58. The number of aromatic nitrogens is 5. The van der Waals surface area contributed by atoms with Crippen molar-refractivity contribution in [3.8, 4) is 0 Å². The number of amides is 6. The number of nitrogens with zero attached hydrogens (tertiary/aromatic N) is 5. The molecule has 3 heterocycles. The maximum atomic E-state index is 12.9. The number of imidazole rings is 2. The molecule has 0 aliphatic heterocycles. The Morgan fingerprint density at radius 1 is 0.688 bits per heavy atom. The summed E-state index contributed by atoms with van der Waals surface area (Å²) in [4.78, 5) is 82.7. The second-order valence-electron chi connectivity index (χ2n) is 11.8. The Balaban J connectivity index is 1.47. The Kier molecular flexibility index (Phi) is 12.4. The van der Waals surface area contributed by atoms with Crippen LogP contribution in [0, 0.1) is 0 Å². The predicted octanol–water partition coefficient (Wildman–Crippen LogP) is 1.50. The van der Waals surface area contributed by atoms with Gasteiger partial charge < -0.3 is 50.3 Å². The van der Waals surface area contributed by atoms with Crippen molar-refractivity contribution in [1.82, 2.24) is 39.6 Å². The molecular weight excluding hydrogens is 626 g/mol. The van der Waals surface area contributed by atoms with Crippen LogP contribution in [0.5, 0.6) is 0 Å². The molecule has 0 saturated carbocycles. The Bertz CT molecular complexity index is 1660. The molecule has 18 heteroatoms.